The van der Waals surface area contributed by atoms with Crippen LogP contribution in [0.4, 0.5) is 22.0 Å². The molecule has 0 fully saturated rings. The molecule has 1 aromatic heterocycles. The van der Waals surface area contributed by atoms with E-state index < -0.39 is 11.7 Å². The van der Waals surface area contributed by atoms with Crippen LogP contribution in [0.2, 0.25) is 0 Å². The number of carbonyl (C=O) groups is 1. The number of rotatable bonds is 5. The molecule has 0 unspecified atom stereocenters. The summed E-state index contributed by atoms with van der Waals surface area (Å²) in [5, 5.41) is 5.89. The Morgan fingerprint density at radius 2 is 1.64 bits per heavy atom. The van der Waals surface area contributed by atoms with Gasteiger partial charge in [-0.15, -0.1) is 0 Å². The van der Waals surface area contributed by atoms with Crippen molar-refractivity contribution >= 4 is 23.3 Å². The van der Waals surface area contributed by atoms with E-state index >= 15 is 0 Å². The van der Waals surface area contributed by atoms with Gasteiger partial charge >= 0.3 is 6.09 Å². The van der Waals surface area contributed by atoms with E-state index in [1.807, 2.05) is 75.4 Å². The molecule has 1 amide bonds. The van der Waals surface area contributed by atoms with Crippen molar-refractivity contribution in [1.82, 2.24) is 4.98 Å². The molecule has 0 atom stereocenters. The van der Waals surface area contributed by atoms with Crippen LogP contribution in [0.5, 0.6) is 11.5 Å². The normalized spacial score (nSPS) is 10.8. The van der Waals surface area contributed by atoms with Gasteiger partial charge in [0.15, 0.2) is 5.75 Å². The maximum atomic E-state index is 11.8. The second-order valence-electron chi connectivity index (χ2n) is 7.10. The van der Waals surface area contributed by atoms with Crippen molar-refractivity contribution in [2.24, 2.45) is 0 Å². The number of hydrogen-bond donors (Lipinski definition) is 2. The standard InChI is InChI=1S/C22H23N3O3/c1-22(2,3)28-21(26)24-16-13-14-20(23-15-16)25-18-11-7-8-12-19(18)27-17-9-5-4-6-10-17/h4-15H,1-3H3,(H,23,25)(H,24,26). The average molecular weight is 377 g/mol. The minimum atomic E-state index is -0.554. The molecule has 0 aliphatic rings. The molecule has 144 valence electrons. The molecule has 0 aliphatic heterocycles. The highest BCUT2D eigenvalue weighted by Crippen LogP contribution is 2.31. The molecule has 6 heteroatoms. The van der Waals surface area contributed by atoms with Gasteiger partial charge in [0.25, 0.3) is 0 Å². The maximum Gasteiger partial charge on any atom is 0.412 e. The minimum Gasteiger partial charge on any atom is -0.455 e. The number of amides is 1. The van der Waals surface area contributed by atoms with E-state index in [9.17, 15) is 4.79 Å². The first-order chi connectivity index (χ1) is 13.4. The van der Waals surface area contributed by atoms with Crippen molar-refractivity contribution in [3.8, 4) is 11.5 Å². The van der Waals surface area contributed by atoms with Crippen LogP contribution in [0.1, 0.15) is 20.8 Å². The summed E-state index contributed by atoms with van der Waals surface area (Å²) in [5.74, 6) is 2.06. The summed E-state index contributed by atoms with van der Waals surface area (Å²) in [6.45, 7) is 5.44. The van der Waals surface area contributed by atoms with Crippen molar-refractivity contribution in [2.75, 3.05) is 10.6 Å². The first kappa shape index (κ1) is 19.2. The van der Waals surface area contributed by atoms with Crippen LogP contribution >= 0.6 is 0 Å². The lowest BCUT2D eigenvalue weighted by molar-refractivity contribution is 0.0636. The lowest BCUT2D eigenvalue weighted by Crippen LogP contribution is -2.27. The van der Waals surface area contributed by atoms with Crippen molar-refractivity contribution in [3.63, 3.8) is 0 Å². The van der Waals surface area contributed by atoms with Gasteiger partial charge in [0.1, 0.15) is 17.2 Å². The molecule has 1 heterocycles. The summed E-state index contributed by atoms with van der Waals surface area (Å²) in [5.41, 5.74) is 0.780. The maximum absolute atomic E-state index is 11.8. The van der Waals surface area contributed by atoms with Crippen LogP contribution in [0, 0.1) is 0 Å². The van der Waals surface area contributed by atoms with Gasteiger partial charge in [-0.1, -0.05) is 30.3 Å². The lowest BCUT2D eigenvalue weighted by Gasteiger charge is -2.19. The van der Waals surface area contributed by atoms with Crippen molar-refractivity contribution < 1.29 is 14.3 Å². The zero-order valence-corrected chi connectivity index (χ0v) is 16.1. The first-order valence-corrected chi connectivity index (χ1v) is 8.94. The Bertz CT molecular complexity index is 920. The molecule has 0 saturated heterocycles. The summed E-state index contributed by atoms with van der Waals surface area (Å²) in [7, 11) is 0. The fourth-order valence-corrected chi connectivity index (χ4v) is 2.38. The Labute approximate surface area is 164 Å². The van der Waals surface area contributed by atoms with Crippen LogP contribution in [-0.4, -0.2) is 16.7 Å². The molecule has 3 rings (SSSR count). The van der Waals surface area contributed by atoms with Gasteiger partial charge in [-0.05, 0) is 57.2 Å². The van der Waals surface area contributed by atoms with Crippen LogP contribution < -0.4 is 15.4 Å². The van der Waals surface area contributed by atoms with Gasteiger partial charge in [0.2, 0.25) is 0 Å². The number of benzene rings is 2. The predicted molar refractivity (Wildman–Crippen MR) is 110 cm³/mol. The monoisotopic (exact) mass is 377 g/mol. The highest BCUT2D eigenvalue weighted by Gasteiger charge is 2.16. The highest BCUT2D eigenvalue weighted by atomic mass is 16.6. The van der Waals surface area contributed by atoms with E-state index in [0.29, 0.717) is 17.3 Å². The van der Waals surface area contributed by atoms with E-state index in [1.165, 1.54) is 0 Å². The summed E-state index contributed by atoms with van der Waals surface area (Å²) in [6.07, 6.45) is 1.05. The smallest absolute Gasteiger partial charge is 0.412 e. The number of anilines is 3. The number of ether oxygens (including phenoxy) is 2. The number of carbonyl (C=O) groups excluding carboxylic acids is 1. The fourth-order valence-electron chi connectivity index (χ4n) is 2.38. The molecule has 6 nitrogen and oxygen atoms in total. The van der Waals surface area contributed by atoms with Crippen molar-refractivity contribution in [2.45, 2.75) is 26.4 Å². The summed E-state index contributed by atoms with van der Waals surface area (Å²) in [6, 6.07) is 20.7. The largest absolute Gasteiger partial charge is 0.455 e. The third-order valence-corrected chi connectivity index (χ3v) is 3.53. The quantitative estimate of drug-likeness (QED) is 0.573. The molecular formula is C22H23N3O3. The first-order valence-electron chi connectivity index (χ1n) is 8.94. The fraction of sp³-hybridized carbons (Fsp3) is 0.182. The SMILES string of the molecule is CC(C)(C)OC(=O)Nc1ccc(Nc2ccccc2Oc2ccccc2)nc1. The Balaban J connectivity index is 1.67. The van der Waals surface area contributed by atoms with Crippen molar-refractivity contribution in [3.05, 3.63) is 72.9 Å². The molecule has 2 aromatic carbocycles. The molecule has 0 saturated carbocycles. The van der Waals surface area contributed by atoms with Gasteiger partial charge in [0, 0.05) is 0 Å². The molecule has 28 heavy (non-hydrogen) atoms. The highest BCUT2D eigenvalue weighted by molar-refractivity contribution is 5.84. The van der Waals surface area contributed by atoms with E-state index in [2.05, 4.69) is 15.6 Å². The second-order valence-corrected chi connectivity index (χ2v) is 7.10. The molecule has 0 bridgehead atoms. The van der Waals surface area contributed by atoms with E-state index in [4.69, 9.17) is 9.47 Å². The molecule has 2 N–H and O–H groups in total. The minimum absolute atomic E-state index is 0.517. The summed E-state index contributed by atoms with van der Waals surface area (Å²) < 4.78 is 11.2. The molecule has 0 radical (unpaired) electrons. The number of hydrogen-bond acceptors (Lipinski definition) is 5. The van der Waals surface area contributed by atoms with Crippen LogP contribution in [0.15, 0.2) is 72.9 Å². The zero-order chi connectivity index (χ0) is 20.0. The van der Waals surface area contributed by atoms with E-state index in [-0.39, 0.29) is 0 Å². The van der Waals surface area contributed by atoms with Crippen LogP contribution in [0.25, 0.3) is 0 Å². The molecule has 0 aliphatic carbocycles. The van der Waals surface area contributed by atoms with E-state index in [0.717, 1.165) is 11.4 Å². The van der Waals surface area contributed by atoms with Crippen LogP contribution in [-0.2, 0) is 4.74 Å². The molecular weight excluding hydrogens is 354 g/mol. The topological polar surface area (TPSA) is 72.5 Å². The number of pyridine rings is 1. The number of aromatic nitrogens is 1. The van der Waals surface area contributed by atoms with Gasteiger partial charge in [-0.2, -0.15) is 0 Å². The summed E-state index contributed by atoms with van der Waals surface area (Å²) in [4.78, 5) is 16.2. The Morgan fingerprint density at radius 3 is 2.32 bits per heavy atom. The lowest BCUT2D eigenvalue weighted by atomic mass is 10.2. The third-order valence-electron chi connectivity index (χ3n) is 3.53. The zero-order valence-electron chi connectivity index (χ0n) is 16.1. The second kappa shape index (κ2) is 8.43. The average Bonchev–Trinajstić information content (AvgIpc) is 2.64. The van der Waals surface area contributed by atoms with Gasteiger partial charge in [0.05, 0.1) is 17.6 Å². The van der Waals surface area contributed by atoms with Gasteiger partial charge in [-0.25, -0.2) is 9.78 Å². The Hall–Kier alpha value is -3.54. The van der Waals surface area contributed by atoms with Gasteiger partial charge < -0.3 is 14.8 Å². The molecule has 3 aromatic rings. The van der Waals surface area contributed by atoms with Crippen LogP contribution in [0.3, 0.4) is 0 Å². The van der Waals surface area contributed by atoms with Crippen molar-refractivity contribution in [1.29, 1.82) is 0 Å². The number of nitrogens with one attached hydrogen (secondary N) is 2. The van der Waals surface area contributed by atoms with Gasteiger partial charge in [-0.3, -0.25) is 5.32 Å². The Kier molecular flexibility index (Phi) is 5.79. The predicted octanol–water partition coefficient (Wildman–Crippen LogP) is 5.96. The number of nitrogens with zero attached hydrogens (tertiary/aromatic N) is 1. The number of para-hydroxylation sites is 3. The summed E-state index contributed by atoms with van der Waals surface area (Å²) >= 11 is 0. The third kappa shape index (κ3) is 5.74. The molecule has 0 spiro atoms. The Morgan fingerprint density at radius 1 is 0.929 bits per heavy atom. The van der Waals surface area contributed by atoms with E-state index in [1.54, 1.807) is 18.3 Å².